The van der Waals surface area contributed by atoms with Crippen molar-refractivity contribution in [3.05, 3.63) is 64.2 Å². The molecule has 1 aromatic heterocycles. The number of nitro groups is 1. The lowest BCUT2D eigenvalue weighted by Crippen LogP contribution is -2.11. The van der Waals surface area contributed by atoms with Gasteiger partial charge in [0.2, 0.25) is 5.78 Å². The van der Waals surface area contributed by atoms with E-state index in [1.807, 2.05) is 0 Å². The minimum atomic E-state index is -0.598. The van der Waals surface area contributed by atoms with Crippen molar-refractivity contribution in [2.75, 3.05) is 0 Å². The fourth-order valence-electron chi connectivity index (χ4n) is 1.56. The molecular formula is C13H9N3O4. The molecule has 0 amide bonds. The Balaban J connectivity index is 2.15. The molecule has 0 aliphatic heterocycles. The summed E-state index contributed by atoms with van der Waals surface area (Å²) in [5.74, 6) is -1.08. The zero-order valence-electron chi connectivity index (χ0n) is 10.2. The number of carbonyl (C=O) groups excluding carboxylic acids is 2. The van der Waals surface area contributed by atoms with Gasteiger partial charge in [-0.05, 0) is 6.07 Å². The second kappa shape index (κ2) is 5.79. The molecule has 100 valence electrons. The monoisotopic (exact) mass is 271 g/mol. The standard InChI is InChI=1S/C13H9N3O4/c17-11(8-12(18)13-14-5-2-6-15-13)9-3-1-4-10(7-9)16(19)20/h1-7H,8H2. The third-order valence-electron chi connectivity index (χ3n) is 2.52. The molecule has 0 aliphatic rings. The van der Waals surface area contributed by atoms with Crippen LogP contribution in [0.2, 0.25) is 0 Å². The summed E-state index contributed by atoms with van der Waals surface area (Å²) in [6.07, 6.45) is 2.38. The van der Waals surface area contributed by atoms with Gasteiger partial charge in [-0.1, -0.05) is 12.1 Å². The molecule has 7 nitrogen and oxygen atoms in total. The van der Waals surface area contributed by atoms with Gasteiger partial charge in [-0.3, -0.25) is 19.7 Å². The summed E-state index contributed by atoms with van der Waals surface area (Å²) in [7, 11) is 0. The third-order valence-corrected chi connectivity index (χ3v) is 2.52. The van der Waals surface area contributed by atoms with Crippen LogP contribution in [0.25, 0.3) is 0 Å². The third kappa shape index (κ3) is 3.08. The smallest absolute Gasteiger partial charge is 0.270 e. The number of nitro benzene ring substituents is 1. The second-order valence-corrected chi connectivity index (χ2v) is 3.90. The Kier molecular flexibility index (Phi) is 3.90. The van der Waals surface area contributed by atoms with Crippen molar-refractivity contribution < 1.29 is 14.5 Å². The summed E-state index contributed by atoms with van der Waals surface area (Å²) in [5.41, 5.74) is -0.0808. The van der Waals surface area contributed by atoms with Gasteiger partial charge in [-0.2, -0.15) is 0 Å². The lowest BCUT2D eigenvalue weighted by Gasteiger charge is -2.00. The van der Waals surface area contributed by atoms with Crippen LogP contribution in [0.5, 0.6) is 0 Å². The number of carbonyl (C=O) groups is 2. The summed E-state index contributed by atoms with van der Waals surface area (Å²) in [5, 5.41) is 10.6. The number of nitrogens with zero attached hydrogens (tertiary/aromatic N) is 3. The minimum Gasteiger partial charge on any atom is -0.294 e. The zero-order valence-corrected chi connectivity index (χ0v) is 10.2. The molecular weight excluding hydrogens is 262 g/mol. The van der Waals surface area contributed by atoms with E-state index in [4.69, 9.17) is 0 Å². The van der Waals surface area contributed by atoms with Gasteiger partial charge in [-0.15, -0.1) is 0 Å². The van der Waals surface area contributed by atoms with Crippen LogP contribution in [0.15, 0.2) is 42.7 Å². The van der Waals surface area contributed by atoms with Gasteiger partial charge in [0.05, 0.1) is 11.3 Å². The molecule has 2 rings (SSSR count). The number of non-ortho nitro benzene ring substituents is 1. The molecule has 1 heterocycles. The largest absolute Gasteiger partial charge is 0.294 e. The lowest BCUT2D eigenvalue weighted by molar-refractivity contribution is -0.384. The topological polar surface area (TPSA) is 103 Å². The maximum absolute atomic E-state index is 11.9. The van der Waals surface area contributed by atoms with Gasteiger partial charge in [0.25, 0.3) is 5.69 Å². The Labute approximate surface area is 113 Å². The molecule has 0 N–H and O–H groups in total. The van der Waals surface area contributed by atoms with E-state index in [0.717, 1.165) is 6.07 Å². The van der Waals surface area contributed by atoms with Gasteiger partial charge in [0, 0.05) is 30.1 Å². The van der Waals surface area contributed by atoms with Crippen LogP contribution < -0.4 is 0 Å². The van der Waals surface area contributed by atoms with Crippen LogP contribution in [0.1, 0.15) is 27.4 Å². The molecule has 0 aliphatic carbocycles. The molecule has 0 saturated carbocycles. The highest BCUT2D eigenvalue weighted by Gasteiger charge is 2.17. The second-order valence-electron chi connectivity index (χ2n) is 3.90. The first kappa shape index (κ1) is 13.5. The van der Waals surface area contributed by atoms with E-state index < -0.39 is 22.9 Å². The quantitative estimate of drug-likeness (QED) is 0.356. The van der Waals surface area contributed by atoms with E-state index in [0.29, 0.717) is 0 Å². The van der Waals surface area contributed by atoms with Crippen LogP contribution in [0, 0.1) is 10.1 Å². The van der Waals surface area contributed by atoms with Crippen LogP contribution in [-0.2, 0) is 0 Å². The highest BCUT2D eigenvalue weighted by molar-refractivity contribution is 6.12. The summed E-state index contributed by atoms with van der Waals surface area (Å²) in [4.78, 5) is 41.2. The number of rotatable bonds is 5. The number of hydrogen-bond donors (Lipinski definition) is 0. The highest BCUT2D eigenvalue weighted by Crippen LogP contribution is 2.15. The van der Waals surface area contributed by atoms with Crippen molar-refractivity contribution in [2.24, 2.45) is 0 Å². The molecule has 7 heteroatoms. The molecule has 0 unspecified atom stereocenters. The predicted molar refractivity (Wildman–Crippen MR) is 68.4 cm³/mol. The van der Waals surface area contributed by atoms with E-state index in [1.165, 1.54) is 30.6 Å². The van der Waals surface area contributed by atoms with Crippen molar-refractivity contribution in [3.8, 4) is 0 Å². The Morgan fingerprint density at radius 1 is 1.10 bits per heavy atom. The maximum atomic E-state index is 11.9. The van der Waals surface area contributed by atoms with Gasteiger partial charge in [0.15, 0.2) is 11.6 Å². The Morgan fingerprint density at radius 3 is 2.45 bits per heavy atom. The van der Waals surface area contributed by atoms with E-state index in [2.05, 4.69) is 9.97 Å². The fourth-order valence-corrected chi connectivity index (χ4v) is 1.56. The maximum Gasteiger partial charge on any atom is 0.270 e. The number of hydrogen-bond acceptors (Lipinski definition) is 6. The molecule has 20 heavy (non-hydrogen) atoms. The van der Waals surface area contributed by atoms with Gasteiger partial charge in [0.1, 0.15) is 0 Å². The molecule has 0 fully saturated rings. The normalized spacial score (nSPS) is 10.0. The lowest BCUT2D eigenvalue weighted by atomic mass is 10.1. The van der Waals surface area contributed by atoms with Crippen molar-refractivity contribution in [1.82, 2.24) is 9.97 Å². The summed E-state index contributed by atoms with van der Waals surface area (Å²) >= 11 is 0. The molecule has 0 atom stereocenters. The van der Waals surface area contributed by atoms with Crippen LogP contribution in [-0.4, -0.2) is 26.5 Å². The van der Waals surface area contributed by atoms with Crippen LogP contribution >= 0.6 is 0 Å². The molecule has 0 saturated heterocycles. The first-order valence-corrected chi connectivity index (χ1v) is 5.66. The summed E-state index contributed by atoms with van der Waals surface area (Å²) < 4.78 is 0. The Morgan fingerprint density at radius 2 is 1.80 bits per heavy atom. The SMILES string of the molecule is O=C(CC(=O)c1ncccn1)c1cccc([N+](=O)[O-])c1. The van der Waals surface area contributed by atoms with Crippen molar-refractivity contribution in [2.45, 2.75) is 6.42 Å². The zero-order chi connectivity index (χ0) is 14.5. The summed E-state index contributed by atoms with van der Waals surface area (Å²) in [6.45, 7) is 0. The van der Waals surface area contributed by atoms with Gasteiger partial charge < -0.3 is 0 Å². The highest BCUT2D eigenvalue weighted by atomic mass is 16.6. The average molecular weight is 271 g/mol. The number of Topliss-reactive ketones (excluding diaryl/α,β-unsaturated/α-hetero) is 2. The first-order valence-electron chi connectivity index (χ1n) is 5.66. The van der Waals surface area contributed by atoms with Crippen molar-refractivity contribution in [3.63, 3.8) is 0 Å². The predicted octanol–water partition coefficient (Wildman–Crippen LogP) is 1.84. The number of benzene rings is 1. The van der Waals surface area contributed by atoms with E-state index >= 15 is 0 Å². The molecule has 2 aromatic rings. The van der Waals surface area contributed by atoms with E-state index in [-0.39, 0.29) is 17.1 Å². The Bertz CT molecular complexity index is 670. The van der Waals surface area contributed by atoms with Crippen molar-refractivity contribution in [1.29, 1.82) is 0 Å². The molecule has 1 aromatic carbocycles. The molecule has 0 bridgehead atoms. The summed E-state index contributed by atoms with van der Waals surface area (Å²) in [6, 6.07) is 6.79. The average Bonchev–Trinajstić information content (AvgIpc) is 2.48. The van der Waals surface area contributed by atoms with Gasteiger partial charge >= 0.3 is 0 Å². The molecule has 0 spiro atoms. The number of ketones is 2. The first-order chi connectivity index (χ1) is 9.58. The van der Waals surface area contributed by atoms with Crippen LogP contribution in [0.4, 0.5) is 5.69 Å². The fraction of sp³-hybridized carbons (Fsp3) is 0.0769. The molecule has 0 radical (unpaired) electrons. The minimum absolute atomic E-state index is 0.0497. The van der Waals surface area contributed by atoms with Crippen LogP contribution in [0.3, 0.4) is 0 Å². The van der Waals surface area contributed by atoms with E-state index in [9.17, 15) is 19.7 Å². The number of aromatic nitrogens is 2. The van der Waals surface area contributed by atoms with Gasteiger partial charge in [-0.25, -0.2) is 9.97 Å². The van der Waals surface area contributed by atoms with E-state index in [1.54, 1.807) is 6.07 Å². The Hall–Kier alpha value is -2.96. The van der Waals surface area contributed by atoms with Crippen molar-refractivity contribution >= 4 is 17.3 Å².